The number of nitrogens with zero attached hydrogens (tertiary/aromatic N) is 1. The van der Waals surface area contributed by atoms with Gasteiger partial charge in [0.05, 0.1) is 18.8 Å². The molecule has 1 aromatic carbocycles. The molecule has 19 heavy (non-hydrogen) atoms. The lowest BCUT2D eigenvalue weighted by atomic mass is 9.92. The number of likely N-dealkylation sites (N-methyl/N-ethyl adjacent to an activating group) is 1. The Labute approximate surface area is 111 Å². The van der Waals surface area contributed by atoms with Crippen LogP contribution in [0.5, 0.6) is 17.2 Å². The molecular weight excluding hydrogens is 242 g/mol. The van der Waals surface area contributed by atoms with Crippen LogP contribution >= 0.6 is 0 Å². The molecule has 0 bridgehead atoms. The first kappa shape index (κ1) is 11.7. The van der Waals surface area contributed by atoms with Crippen LogP contribution in [0.25, 0.3) is 6.08 Å². The molecule has 1 heterocycles. The number of allylic oxidation sites excluding steroid dienone is 2. The number of methoxy groups -OCH3 is 1. The van der Waals surface area contributed by atoms with Crippen molar-refractivity contribution in [3.63, 3.8) is 0 Å². The van der Waals surface area contributed by atoms with Crippen molar-refractivity contribution in [2.24, 2.45) is 0 Å². The molecule has 1 aromatic rings. The van der Waals surface area contributed by atoms with E-state index in [-0.39, 0.29) is 17.5 Å². The summed E-state index contributed by atoms with van der Waals surface area (Å²) >= 11 is 0. The molecule has 3 rings (SSSR count). The lowest BCUT2D eigenvalue weighted by Gasteiger charge is -2.35. The standard InChI is InChI=1S/C15H15NO3/c1-16-11-6-4-3-5-9(11)7-10-12(16)8-13(17)14(18)15(10)19-2/h3-8,11,17-18H,1-2H3. The quantitative estimate of drug-likeness (QED) is 0.759. The Hall–Kier alpha value is -2.36. The molecule has 0 saturated heterocycles. The molecule has 98 valence electrons. The molecule has 1 atom stereocenters. The number of aromatic hydroxyl groups is 2. The van der Waals surface area contributed by atoms with Crippen molar-refractivity contribution in [3.8, 4) is 17.2 Å². The summed E-state index contributed by atoms with van der Waals surface area (Å²) in [7, 11) is 3.44. The number of anilines is 1. The van der Waals surface area contributed by atoms with Gasteiger partial charge in [-0.15, -0.1) is 0 Å². The fourth-order valence-corrected chi connectivity index (χ4v) is 2.62. The number of phenolic OH excluding ortho intramolecular Hbond substituents is 2. The zero-order chi connectivity index (χ0) is 13.6. The fraction of sp³-hybridized carbons (Fsp3) is 0.200. The van der Waals surface area contributed by atoms with Gasteiger partial charge in [0.1, 0.15) is 0 Å². The largest absolute Gasteiger partial charge is 0.504 e. The highest BCUT2D eigenvalue weighted by Gasteiger charge is 2.28. The van der Waals surface area contributed by atoms with Gasteiger partial charge in [0.25, 0.3) is 0 Å². The monoisotopic (exact) mass is 257 g/mol. The molecule has 2 N–H and O–H groups in total. The van der Waals surface area contributed by atoms with E-state index in [9.17, 15) is 10.2 Å². The molecule has 0 amide bonds. The first-order valence-corrected chi connectivity index (χ1v) is 6.05. The second-order valence-electron chi connectivity index (χ2n) is 4.65. The third-order valence-corrected chi connectivity index (χ3v) is 3.60. The summed E-state index contributed by atoms with van der Waals surface area (Å²) in [5.74, 6) is -0.0920. The van der Waals surface area contributed by atoms with Crippen molar-refractivity contribution < 1.29 is 14.9 Å². The van der Waals surface area contributed by atoms with E-state index < -0.39 is 0 Å². The minimum atomic E-state index is -0.222. The van der Waals surface area contributed by atoms with Crippen LogP contribution in [0.4, 0.5) is 5.69 Å². The van der Waals surface area contributed by atoms with Crippen LogP contribution in [0.2, 0.25) is 0 Å². The third-order valence-electron chi connectivity index (χ3n) is 3.60. The molecule has 1 unspecified atom stereocenters. The minimum Gasteiger partial charge on any atom is -0.504 e. The van der Waals surface area contributed by atoms with Crippen molar-refractivity contribution in [3.05, 3.63) is 41.5 Å². The van der Waals surface area contributed by atoms with Crippen LogP contribution in [0.3, 0.4) is 0 Å². The first-order chi connectivity index (χ1) is 9.13. The SMILES string of the molecule is COc1c(O)c(O)cc2c1C=C1C=CC=CC1N2C. The van der Waals surface area contributed by atoms with Crippen molar-refractivity contribution in [2.75, 3.05) is 19.1 Å². The topological polar surface area (TPSA) is 52.9 Å². The second-order valence-corrected chi connectivity index (χ2v) is 4.65. The summed E-state index contributed by atoms with van der Waals surface area (Å²) < 4.78 is 5.23. The van der Waals surface area contributed by atoms with Gasteiger partial charge in [-0.3, -0.25) is 0 Å². The number of ether oxygens (including phenoxy) is 1. The maximum Gasteiger partial charge on any atom is 0.201 e. The number of phenols is 2. The van der Waals surface area contributed by atoms with Crippen LogP contribution in [-0.4, -0.2) is 30.4 Å². The van der Waals surface area contributed by atoms with Gasteiger partial charge in [-0.1, -0.05) is 24.3 Å². The van der Waals surface area contributed by atoms with Gasteiger partial charge in [0.15, 0.2) is 11.5 Å². The number of fused-ring (bicyclic) bond motifs is 2. The van der Waals surface area contributed by atoms with Gasteiger partial charge in [-0.2, -0.15) is 0 Å². The summed E-state index contributed by atoms with van der Waals surface area (Å²) in [6, 6.07) is 1.71. The lowest BCUT2D eigenvalue weighted by Crippen LogP contribution is -2.34. The van der Waals surface area contributed by atoms with E-state index in [0.717, 1.165) is 16.8 Å². The Morgan fingerprint density at radius 3 is 2.79 bits per heavy atom. The Bertz CT molecular complexity index is 629. The van der Waals surface area contributed by atoms with Crippen molar-refractivity contribution in [2.45, 2.75) is 6.04 Å². The van der Waals surface area contributed by atoms with Crippen LogP contribution in [0, 0.1) is 0 Å². The van der Waals surface area contributed by atoms with E-state index in [0.29, 0.717) is 5.75 Å². The van der Waals surface area contributed by atoms with Gasteiger partial charge in [0, 0.05) is 18.7 Å². The van der Waals surface area contributed by atoms with Gasteiger partial charge in [-0.05, 0) is 11.6 Å². The van der Waals surface area contributed by atoms with E-state index in [1.54, 1.807) is 6.07 Å². The number of hydrogen-bond donors (Lipinski definition) is 2. The highest BCUT2D eigenvalue weighted by Crippen LogP contribution is 2.47. The molecule has 0 aromatic heterocycles. The van der Waals surface area contributed by atoms with Crippen LogP contribution in [-0.2, 0) is 0 Å². The number of benzene rings is 1. The Morgan fingerprint density at radius 1 is 1.26 bits per heavy atom. The smallest absolute Gasteiger partial charge is 0.201 e. The molecule has 2 aliphatic rings. The van der Waals surface area contributed by atoms with E-state index in [4.69, 9.17) is 4.74 Å². The van der Waals surface area contributed by atoms with E-state index in [1.807, 2.05) is 36.3 Å². The number of hydrogen-bond acceptors (Lipinski definition) is 4. The molecular formula is C15H15NO3. The molecule has 0 saturated carbocycles. The summed E-state index contributed by atoms with van der Waals surface area (Å²) in [6.45, 7) is 0. The maximum atomic E-state index is 9.88. The van der Waals surface area contributed by atoms with Gasteiger partial charge >= 0.3 is 0 Å². The first-order valence-electron chi connectivity index (χ1n) is 6.05. The van der Waals surface area contributed by atoms with Gasteiger partial charge in [0.2, 0.25) is 5.75 Å². The third kappa shape index (κ3) is 1.60. The second kappa shape index (κ2) is 4.09. The molecule has 4 nitrogen and oxygen atoms in total. The molecule has 1 aliphatic heterocycles. The normalized spacial score (nSPS) is 19.8. The highest BCUT2D eigenvalue weighted by molar-refractivity contribution is 5.84. The average molecular weight is 257 g/mol. The average Bonchev–Trinajstić information content (AvgIpc) is 2.42. The van der Waals surface area contributed by atoms with Gasteiger partial charge < -0.3 is 19.8 Å². The fourth-order valence-electron chi connectivity index (χ4n) is 2.62. The van der Waals surface area contributed by atoms with Crippen LogP contribution in [0.1, 0.15) is 5.56 Å². The molecule has 0 spiro atoms. The summed E-state index contributed by atoms with van der Waals surface area (Å²) in [5.41, 5.74) is 2.74. The van der Waals surface area contributed by atoms with Crippen molar-refractivity contribution in [1.29, 1.82) is 0 Å². The van der Waals surface area contributed by atoms with Gasteiger partial charge in [-0.25, -0.2) is 0 Å². The Balaban J connectivity index is 2.27. The van der Waals surface area contributed by atoms with Crippen molar-refractivity contribution >= 4 is 11.8 Å². The van der Waals surface area contributed by atoms with E-state index >= 15 is 0 Å². The number of rotatable bonds is 1. The summed E-state index contributed by atoms with van der Waals surface area (Å²) in [5, 5.41) is 19.7. The molecule has 4 heteroatoms. The van der Waals surface area contributed by atoms with E-state index in [1.165, 1.54) is 7.11 Å². The molecule has 0 radical (unpaired) electrons. The van der Waals surface area contributed by atoms with E-state index in [2.05, 4.69) is 6.08 Å². The maximum absolute atomic E-state index is 9.88. The lowest BCUT2D eigenvalue weighted by molar-refractivity contribution is 0.350. The van der Waals surface area contributed by atoms with Crippen LogP contribution < -0.4 is 9.64 Å². The Morgan fingerprint density at radius 2 is 2.05 bits per heavy atom. The zero-order valence-corrected chi connectivity index (χ0v) is 10.8. The zero-order valence-electron chi connectivity index (χ0n) is 10.8. The molecule has 1 aliphatic carbocycles. The van der Waals surface area contributed by atoms with Crippen molar-refractivity contribution in [1.82, 2.24) is 0 Å². The van der Waals surface area contributed by atoms with Crippen LogP contribution in [0.15, 0.2) is 35.9 Å². The highest BCUT2D eigenvalue weighted by atomic mass is 16.5. The minimum absolute atomic E-state index is 0.145. The summed E-state index contributed by atoms with van der Waals surface area (Å²) in [4.78, 5) is 2.05. The predicted molar refractivity (Wildman–Crippen MR) is 74.8 cm³/mol. The predicted octanol–water partition coefficient (Wildman–Crippen LogP) is 2.43. The summed E-state index contributed by atoms with van der Waals surface area (Å²) in [6.07, 6.45) is 10.1. The Kier molecular flexibility index (Phi) is 2.52. The molecule has 0 fully saturated rings.